The molecule has 0 radical (unpaired) electrons. The molecule has 21 heavy (non-hydrogen) atoms. The summed E-state index contributed by atoms with van der Waals surface area (Å²) < 4.78 is 0. The number of fused-ring (bicyclic) bond motifs is 1. The Morgan fingerprint density at radius 2 is 1.95 bits per heavy atom. The Balaban J connectivity index is 1.80. The van der Waals surface area contributed by atoms with Crippen LogP contribution in [-0.2, 0) is 6.54 Å². The zero-order chi connectivity index (χ0) is 14.7. The molecular weight excluding hydrogens is 260 g/mol. The van der Waals surface area contributed by atoms with Crippen LogP contribution in [-0.4, -0.2) is 10.1 Å². The molecule has 0 aliphatic carbocycles. The van der Waals surface area contributed by atoms with Crippen molar-refractivity contribution in [3.8, 4) is 0 Å². The monoisotopic (exact) mass is 278 g/mol. The summed E-state index contributed by atoms with van der Waals surface area (Å²) in [7, 11) is 0. The first-order valence-electron chi connectivity index (χ1n) is 7.07. The second kappa shape index (κ2) is 5.94. The lowest BCUT2D eigenvalue weighted by Crippen LogP contribution is -2.04. The summed E-state index contributed by atoms with van der Waals surface area (Å²) in [5, 5.41) is 15.5. The summed E-state index contributed by atoms with van der Waals surface area (Å²) >= 11 is 0. The van der Waals surface area contributed by atoms with Crippen molar-refractivity contribution in [2.75, 3.05) is 5.32 Å². The third-order valence-corrected chi connectivity index (χ3v) is 3.60. The van der Waals surface area contributed by atoms with Gasteiger partial charge in [0.25, 0.3) is 0 Å². The summed E-state index contributed by atoms with van der Waals surface area (Å²) in [6.07, 6.45) is 3.20. The van der Waals surface area contributed by atoms with Crippen molar-refractivity contribution < 1.29 is 5.11 Å². The van der Waals surface area contributed by atoms with Crippen LogP contribution in [0.4, 0.5) is 5.69 Å². The van der Waals surface area contributed by atoms with Gasteiger partial charge in [0, 0.05) is 35.6 Å². The van der Waals surface area contributed by atoms with Crippen molar-refractivity contribution in [2.24, 2.45) is 0 Å². The Hall–Kier alpha value is -2.39. The van der Waals surface area contributed by atoms with Crippen LogP contribution in [0.2, 0.25) is 0 Å². The molecule has 3 nitrogen and oxygen atoms in total. The number of rotatable bonds is 4. The van der Waals surface area contributed by atoms with Crippen molar-refractivity contribution in [2.45, 2.75) is 19.6 Å². The van der Waals surface area contributed by atoms with Gasteiger partial charge in [-0.15, -0.1) is 0 Å². The van der Waals surface area contributed by atoms with E-state index in [1.807, 2.05) is 42.7 Å². The van der Waals surface area contributed by atoms with Crippen LogP contribution in [0.25, 0.3) is 10.8 Å². The summed E-state index contributed by atoms with van der Waals surface area (Å²) in [6.45, 7) is 2.51. The molecule has 0 amide bonds. The molecule has 0 bridgehead atoms. The van der Waals surface area contributed by atoms with Gasteiger partial charge in [-0.2, -0.15) is 0 Å². The third kappa shape index (κ3) is 3.03. The van der Waals surface area contributed by atoms with E-state index in [2.05, 4.69) is 28.5 Å². The van der Waals surface area contributed by atoms with E-state index in [4.69, 9.17) is 0 Å². The Bertz CT molecular complexity index is 753. The average Bonchev–Trinajstić information content (AvgIpc) is 2.53. The number of pyridine rings is 1. The number of hydrogen-bond acceptors (Lipinski definition) is 3. The molecule has 3 heteroatoms. The van der Waals surface area contributed by atoms with Crippen LogP contribution in [0, 0.1) is 0 Å². The first-order chi connectivity index (χ1) is 10.2. The zero-order valence-electron chi connectivity index (χ0n) is 12.0. The topological polar surface area (TPSA) is 45.1 Å². The number of benzene rings is 2. The maximum atomic E-state index is 9.80. The number of aromatic nitrogens is 1. The Morgan fingerprint density at radius 3 is 2.81 bits per heavy atom. The number of para-hydroxylation sites is 1. The number of hydrogen-bond donors (Lipinski definition) is 2. The van der Waals surface area contributed by atoms with E-state index in [1.165, 1.54) is 10.9 Å². The molecule has 0 saturated carbocycles. The first-order valence-corrected chi connectivity index (χ1v) is 7.07. The Morgan fingerprint density at radius 1 is 1.10 bits per heavy atom. The minimum atomic E-state index is -0.476. The van der Waals surface area contributed by atoms with Crippen LogP contribution in [0.3, 0.4) is 0 Å². The van der Waals surface area contributed by atoms with E-state index in [9.17, 15) is 5.11 Å². The molecule has 2 aromatic carbocycles. The Labute approximate surface area is 124 Å². The van der Waals surface area contributed by atoms with Crippen molar-refractivity contribution in [1.29, 1.82) is 0 Å². The van der Waals surface area contributed by atoms with E-state index >= 15 is 0 Å². The van der Waals surface area contributed by atoms with Crippen LogP contribution < -0.4 is 5.32 Å². The van der Waals surface area contributed by atoms with Crippen LogP contribution in [0.1, 0.15) is 24.2 Å². The smallest absolute Gasteiger partial charge is 0.0781 e. The number of aliphatic hydroxyl groups is 1. The molecule has 1 atom stereocenters. The number of anilines is 1. The van der Waals surface area contributed by atoms with Gasteiger partial charge in [-0.1, -0.05) is 30.3 Å². The second-order valence-electron chi connectivity index (χ2n) is 5.17. The molecule has 0 saturated heterocycles. The fraction of sp³-hybridized carbons (Fsp3) is 0.167. The van der Waals surface area contributed by atoms with Crippen molar-refractivity contribution in [3.63, 3.8) is 0 Å². The molecule has 106 valence electrons. The highest BCUT2D eigenvalue weighted by atomic mass is 16.3. The van der Waals surface area contributed by atoms with E-state index in [-0.39, 0.29) is 0 Å². The van der Waals surface area contributed by atoms with Gasteiger partial charge in [-0.05, 0) is 36.1 Å². The SMILES string of the molecule is CC(O)c1ccccc1NCc1ccc2cnccc2c1. The van der Waals surface area contributed by atoms with Gasteiger partial charge in [0.15, 0.2) is 0 Å². The van der Waals surface area contributed by atoms with Gasteiger partial charge < -0.3 is 10.4 Å². The van der Waals surface area contributed by atoms with Crippen LogP contribution >= 0.6 is 0 Å². The average molecular weight is 278 g/mol. The molecule has 1 aromatic heterocycles. The maximum Gasteiger partial charge on any atom is 0.0781 e. The fourth-order valence-corrected chi connectivity index (χ4v) is 2.46. The molecule has 0 spiro atoms. The number of nitrogens with zero attached hydrogens (tertiary/aromatic N) is 1. The van der Waals surface area contributed by atoms with E-state index in [0.29, 0.717) is 0 Å². The summed E-state index contributed by atoms with van der Waals surface area (Å²) in [5.41, 5.74) is 3.10. The highest BCUT2D eigenvalue weighted by Gasteiger charge is 2.06. The lowest BCUT2D eigenvalue weighted by atomic mass is 10.1. The molecule has 0 aliphatic heterocycles. The van der Waals surface area contributed by atoms with Gasteiger partial charge in [0.05, 0.1) is 6.10 Å². The molecule has 1 unspecified atom stereocenters. The van der Waals surface area contributed by atoms with E-state index in [0.717, 1.165) is 23.2 Å². The van der Waals surface area contributed by atoms with Crippen LogP contribution in [0.5, 0.6) is 0 Å². The van der Waals surface area contributed by atoms with Crippen molar-refractivity contribution in [3.05, 3.63) is 72.1 Å². The van der Waals surface area contributed by atoms with E-state index < -0.39 is 6.10 Å². The van der Waals surface area contributed by atoms with Crippen molar-refractivity contribution in [1.82, 2.24) is 4.98 Å². The number of aliphatic hydroxyl groups excluding tert-OH is 1. The molecule has 3 rings (SSSR count). The van der Waals surface area contributed by atoms with Gasteiger partial charge in [0.1, 0.15) is 0 Å². The molecular formula is C18H18N2O. The van der Waals surface area contributed by atoms with Gasteiger partial charge >= 0.3 is 0 Å². The maximum absolute atomic E-state index is 9.80. The molecule has 0 fully saturated rings. The van der Waals surface area contributed by atoms with Gasteiger partial charge in [-0.25, -0.2) is 0 Å². The molecule has 1 heterocycles. The summed E-state index contributed by atoms with van der Waals surface area (Å²) in [6, 6.07) is 16.2. The lowest BCUT2D eigenvalue weighted by molar-refractivity contribution is 0.200. The lowest BCUT2D eigenvalue weighted by Gasteiger charge is -2.14. The fourth-order valence-electron chi connectivity index (χ4n) is 2.46. The largest absolute Gasteiger partial charge is 0.389 e. The first kappa shape index (κ1) is 13.6. The van der Waals surface area contributed by atoms with Crippen molar-refractivity contribution >= 4 is 16.5 Å². The predicted octanol–water partition coefficient (Wildman–Crippen LogP) is 3.90. The minimum absolute atomic E-state index is 0.476. The van der Waals surface area contributed by atoms with Gasteiger partial charge in [-0.3, -0.25) is 4.98 Å². The normalized spacial score (nSPS) is 12.3. The highest BCUT2D eigenvalue weighted by molar-refractivity contribution is 5.82. The highest BCUT2D eigenvalue weighted by Crippen LogP contribution is 2.23. The molecule has 0 aliphatic rings. The van der Waals surface area contributed by atoms with E-state index in [1.54, 1.807) is 6.92 Å². The predicted molar refractivity (Wildman–Crippen MR) is 86.1 cm³/mol. The molecule has 2 N–H and O–H groups in total. The second-order valence-corrected chi connectivity index (χ2v) is 5.17. The minimum Gasteiger partial charge on any atom is -0.389 e. The zero-order valence-corrected chi connectivity index (χ0v) is 12.0. The number of nitrogens with one attached hydrogen (secondary N) is 1. The molecule has 3 aromatic rings. The van der Waals surface area contributed by atoms with Gasteiger partial charge in [0.2, 0.25) is 0 Å². The summed E-state index contributed by atoms with van der Waals surface area (Å²) in [4.78, 5) is 4.12. The van der Waals surface area contributed by atoms with Crippen LogP contribution in [0.15, 0.2) is 60.9 Å². The summed E-state index contributed by atoms with van der Waals surface area (Å²) in [5.74, 6) is 0. The third-order valence-electron chi connectivity index (χ3n) is 3.60. The quantitative estimate of drug-likeness (QED) is 0.760. The standard InChI is InChI=1S/C18H18N2O/c1-13(21)17-4-2-3-5-18(17)20-11-14-6-7-16-12-19-9-8-15(16)10-14/h2-10,12-13,20-21H,11H2,1H3. The Kier molecular flexibility index (Phi) is 3.84.